The van der Waals surface area contributed by atoms with Gasteiger partial charge in [0.25, 0.3) is 0 Å². The molecular formula is C14H16FN5O3. The van der Waals surface area contributed by atoms with Crippen LogP contribution in [0.3, 0.4) is 0 Å². The summed E-state index contributed by atoms with van der Waals surface area (Å²) >= 11 is 0. The molecule has 0 saturated carbocycles. The summed E-state index contributed by atoms with van der Waals surface area (Å²) in [5, 5.41) is 3.46. The Morgan fingerprint density at radius 2 is 2.30 bits per heavy atom. The van der Waals surface area contributed by atoms with Crippen LogP contribution in [0, 0.1) is 5.82 Å². The molecule has 3 rings (SSSR count). The number of carbonyl (C=O) groups excluding carboxylic acids is 1. The highest BCUT2D eigenvalue weighted by atomic mass is 19.1. The number of ether oxygens (including phenoxy) is 2. The summed E-state index contributed by atoms with van der Waals surface area (Å²) in [4.78, 5) is 17.7. The Labute approximate surface area is 132 Å². The number of azide groups is 1. The standard InChI is InChI=1S/C14H16FN5O3/c1-22-11-6-19(7-11)13-3-2-9(4-12(13)15)20-10(5-17-18-16)8-23-14(20)21/h2-4,10-11H,5-8H2,1H3/t10-/m1/s1. The number of nitrogens with zero attached hydrogens (tertiary/aromatic N) is 5. The van der Waals surface area contributed by atoms with E-state index in [1.807, 2.05) is 4.90 Å². The molecule has 0 spiro atoms. The summed E-state index contributed by atoms with van der Waals surface area (Å²) in [6, 6.07) is 4.16. The number of hydrogen-bond donors (Lipinski definition) is 0. The Kier molecular flexibility index (Phi) is 4.22. The quantitative estimate of drug-likeness (QED) is 0.472. The van der Waals surface area contributed by atoms with Gasteiger partial charge in [0.15, 0.2) is 0 Å². The Balaban J connectivity index is 1.79. The highest BCUT2D eigenvalue weighted by Gasteiger charge is 2.35. The molecule has 8 nitrogen and oxygen atoms in total. The maximum absolute atomic E-state index is 14.4. The zero-order chi connectivity index (χ0) is 16.4. The summed E-state index contributed by atoms with van der Waals surface area (Å²) in [6.07, 6.45) is -0.449. The van der Waals surface area contributed by atoms with E-state index >= 15 is 0 Å². The summed E-state index contributed by atoms with van der Waals surface area (Å²) in [6.45, 7) is 1.46. The van der Waals surface area contributed by atoms with Gasteiger partial charge >= 0.3 is 6.09 Å². The van der Waals surface area contributed by atoms with Gasteiger partial charge in [-0.3, -0.25) is 4.90 Å². The average molecular weight is 321 g/mol. The second-order valence-electron chi connectivity index (χ2n) is 5.41. The zero-order valence-corrected chi connectivity index (χ0v) is 12.6. The number of methoxy groups -OCH3 is 1. The minimum atomic E-state index is -0.571. The van der Waals surface area contributed by atoms with Crippen LogP contribution in [0.5, 0.6) is 0 Å². The van der Waals surface area contributed by atoms with Crippen molar-refractivity contribution in [3.63, 3.8) is 0 Å². The predicted molar refractivity (Wildman–Crippen MR) is 81.0 cm³/mol. The van der Waals surface area contributed by atoms with E-state index in [1.54, 1.807) is 19.2 Å². The number of cyclic esters (lactones) is 1. The fraction of sp³-hybridized carbons (Fsp3) is 0.500. The fourth-order valence-electron chi connectivity index (χ4n) is 2.73. The molecule has 0 radical (unpaired) electrons. The van der Waals surface area contributed by atoms with Crippen LogP contribution in [-0.2, 0) is 9.47 Å². The van der Waals surface area contributed by atoms with E-state index in [0.717, 1.165) is 0 Å². The first-order valence-corrected chi connectivity index (χ1v) is 7.18. The molecule has 2 fully saturated rings. The molecule has 0 unspecified atom stereocenters. The van der Waals surface area contributed by atoms with E-state index in [1.165, 1.54) is 11.0 Å². The van der Waals surface area contributed by atoms with Crippen molar-refractivity contribution < 1.29 is 18.7 Å². The van der Waals surface area contributed by atoms with Gasteiger partial charge in [0.2, 0.25) is 0 Å². The summed E-state index contributed by atoms with van der Waals surface area (Å²) < 4.78 is 24.5. The van der Waals surface area contributed by atoms with Crippen molar-refractivity contribution in [2.24, 2.45) is 5.11 Å². The third-order valence-electron chi connectivity index (χ3n) is 4.05. The van der Waals surface area contributed by atoms with Crippen molar-refractivity contribution in [3.8, 4) is 0 Å². The summed E-state index contributed by atoms with van der Waals surface area (Å²) in [5.41, 5.74) is 9.26. The van der Waals surface area contributed by atoms with Crippen LogP contribution in [-0.4, -0.2) is 51.6 Å². The van der Waals surface area contributed by atoms with Crippen molar-refractivity contribution in [1.82, 2.24) is 0 Å². The van der Waals surface area contributed by atoms with Gasteiger partial charge in [0.05, 0.1) is 30.1 Å². The van der Waals surface area contributed by atoms with Crippen LogP contribution in [0.2, 0.25) is 0 Å². The Bertz CT molecular complexity index is 658. The SMILES string of the molecule is COC1CN(c2ccc(N3C(=O)OC[C@H]3CN=[N+]=[N-])cc2F)C1. The lowest BCUT2D eigenvalue weighted by Crippen LogP contribution is -2.52. The molecule has 1 atom stereocenters. The van der Waals surface area contributed by atoms with Gasteiger partial charge in [0, 0.05) is 25.1 Å². The molecule has 122 valence electrons. The zero-order valence-electron chi connectivity index (χ0n) is 12.6. The number of benzene rings is 1. The van der Waals surface area contributed by atoms with Gasteiger partial charge in [-0.15, -0.1) is 0 Å². The molecule has 2 saturated heterocycles. The molecule has 9 heteroatoms. The first kappa shape index (κ1) is 15.4. The van der Waals surface area contributed by atoms with Gasteiger partial charge in [0.1, 0.15) is 12.4 Å². The number of carbonyl (C=O) groups is 1. The van der Waals surface area contributed by atoms with Crippen molar-refractivity contribution in [2.45, 2.75) is 12.1 Å². The van der Waals surface area contributed by atoms with Crippen molar-refractivity contribution in [2.75, 3.05) is 43.2 Å². The molecule has 2 aliphatic heterocycles. The Morgan fingerprint density at radius 1 is 1.52 bits per heavy atom. The molecule has 1 aromatic carbocycles. The third-order valence-corrected chi connectivity index (χ3v) is 4.05. The largest absolute Gasteiger partial charge is 0.447 e. The van der Waals surface area contributed by atoms with E-state index in [2.05, 4.69) is 10.0 Å². The molecule has 1 aromatic rings. The summed E-state index contributed by atoms with van der Waals surface area (Å²) in [7, 11) is 1.63. The molecule has 0 aromatic heterocycles. The predicted octanol–water partition coefficient (Wildman–Crippen LogP) is 2.30. The molecule has 1 amide bonds. The van der Waals surface area contributed by atoms with Crippen LogP contribution >= 0.6 is 0 Å². The summed E-state index contributed by atoms with van der Waals surface area (Å²) in [5.74, 6) is -0.417. The molecule has 23 heavy (non-hydrogen) atoms. The normalized spacial score (nSPS) is 21.0. The van der Waals surface area contributed by atoms with Crippen LogP contribution in [0.4, 0.5) is 20.6 Å². The maximum Gasteiger partial charge on any atom is 0.414 e. The van der Waals surface area contributed by atoms with Gasteiger partial charge in [-0.25, -0.2) is 9.18 Å². The number of hydrogen-bond acceptors (Lipinski definition) is 5. The molecule has 2 heterocycles. The number of amides is 1. The lowest BCUT2D eigenvalue weighted by molar-refractivity contribution is 0.0784. The number of halogens is 1. The molecule has 0 N–H and O–H groups in total. The Hall–Kier alpha value is -2.51. The number of anilines is 2. The monoisotopic (exact) mass is 321 g/mol. The van der Waals surface area contributed by atoms with Crippen molar-refractivity contribution >= 4 is 17.5 Å². The second-order valence-corrected chi connectivity index (χ2v) is 5.41. The van der Waals surface area contributed by atoms with Gasteiger partial charge in [-0.05, 0) is 23.7 Å². The van der Waals surface area contributed by atoms with Gasteiger partial charge in [-0.2, -0.15) is 0 Å². The van der Waals surface area contributed by atoms with Crippen molar-refractivity contribution in [1.29, 1.82) is 0 Å². The first-order chi connectivity index (χ1) is 11.1. The van der Waals surface area contributed by atoms with Gasteiger partial charge in [-0.1, -0.05) is 5.11 Å². The third kappa shape index (κ3) is 2.88. The minimum Gasteiger partial charge on any atom is -0.447 e. The smallest absolute Gasteiger partial charge is 0.414 e. The van der Waals surface area contributed by atoms with E-state index in [0.29, 0.717) is 24.5 Å². The van der Waals surface area contributed by atoms with E-state index in [9.17, 15) is 9.18 Å². The highest BCUT2D eigenvalue weighted by molar-refractivity contribution is 5.90. The second kappa shape index (κ2) is 6.31. The molecular weight excluding hydrogens is 305 g/mol. The minimum absolute atomic E-state index is 0.0766. The van der Waals surface area contributed by atoms with Crippen molar-refractivity contribution in [3.05, 3.63) is 34.5 Å². The fourth-order valence-corrected chi connectivity index (χ4v) is 2.73. The maximum atomic E-state index is 14.4. The van der Waals surface area contributed by atoms with Crippen LogP contribution in [0.15, 0.2) is 23.3 Å². The van der Waals surface area contributed by atoms with E-state index in [4.69, 9.17) is 15.0 Å². The topological polar surface area (TPSA) is 90.8 Å². The first-order valence-electron chi connectivity index (χ1n) is 7.18. The molecule has 2 aliphatic rings. The molecule has 0 aliphatic carbocycles. The highest BCUT2D eigenvalue weighted by Crippen LogP contribution is 2.31. The Morgan fingerprint density at radius 3 is 2.96 bits per heavy atom. The van der Waals surface area contributed by atoms with Crippen LogP contribution in [0.25, 0.3) is 10.4 Å². The lowest BCUT2D eigenvalue weighted by atomic mass is 10.1. The van der Waals surface area contributed by atoms with Gasteiger partial charge < -0.3 is 14.4 Å². The van der Waals surface area contributed by atoms with E-state index < -0.39 is 18.0 Å². The van der Waals surface area contributed by atoms with Crippen LogP contribution < -0.4 is 9.80 Å². The van der Waals surface area contributed by atoms with Crippen LogP contribution in [0.1, 0.15) is 0 Å². The lowest BCUT2D eigenvalue weighted by Gasteiger charge is -2.40. The van der Waals surface area contributed by atoms with E-state index in [-0.39, 0.29) is 19.3 Å². The molecule has 0 bridgehead atoms. The average Bonchev–Trinajstić information content (AvgIpc) is 2.86. The number of rotatable bonds is 5.